The Hall–Kier alpha value is -2.15. The Morgan fingerprint density at radius 1 is 1.26 bits per heavy atom. The zero-order valence-corrected chi connectivity index (χ0v) is 16.2. The van der Waals surface area contributed by atoms with Crippen molar-refractivity contribution in [3.63, 3.8) is 0 Å². The molecular formula is C20H30N4O3. The van der Waals surface area contributed by atoms with E-state index >= 15 is 0 Å². The first-order chi connectivity index (χ1) is 13.2. The summed E-state index contributed by atoms with van der Waals surface area (Å²) >= 11 is 0. The Labute approximate surface area is 160 Å². The fourth-order valence-corrected chi connectivity index (χ4v) is 3.76. The van der Waals surface area contributed by atoms with E-state index in [4.69, 9.17) is 4.74 Å². The molecule has 1 aromatic heterocycles. The molecule has 2 aliphatic rings. The van der Waals surface area contributed by atoms with E-state index in [1.165, 1.54) is 29.0 Å². The number of hydrogen-bond acceptors (Lipinski definition) is 5. The Kier molecular flexibility index (Phi) is 7.04. The standard InChI is InChI=1S/C20H30N4O3/c1-27-15-17-13-19(26)24(20(22-17)23-11-5-6-12-23)14-18(25)21-10-9-16-7-3-2-4-8-16/h7,13H,2-6,8-12,14-15H2,1H3,(H,21,25). The lowest BCUT2D eigenvalue weighted by atomic mass is 9.97. The van der Waals surface area contributed by atoms with Gasteiger partial charge in [-0.25, -0.2) is 4.98 Å². The summed E-state index contributed by atoms with van der Waals surface area (Å²) in [7, 11) is 1.58. The maximum Gasteiger partial charge on any atom is 0.255 e. The van der Waals surface area contributed by atoms with Gasteiger partial charge in [-0.1, -0.05) is 11.6 Å². The molecule has 1 aliphatic carbocycles. The topological polar surface area (TPSA) is 76.5 Å². The largest absolute Gasteiger partial charge is 0.378 e. The van der Waals surface area contributed by atoms with Gasteiger partial charge in [0.25, 0.3) is 5.56 Å². The number of ether oxygens (including phenoxy) is 1. The lowest BCUT2D eigenvalue weighted by molar-refractivity contribution is -0.121. The number of rotatable bonds is 8. The first-order valence-electron chi connectivity index (χ1n) is 9.96. The van der Waals surface area contributed by atoms with Crippen molar-refractivity contribution in [1.82, 2.24) is 14.9 Å². The predicted octanol–water partition coefficient (Wildman–Crippen LogP) is 2.00. The maximum atomic E-state index is 12.6. The van der Waals surface area contributed by atoms with Crippen LogP contribution in [0.3, 0.4) is 0 Å². The van der Waals surface area contributed by atoms with Crippen molar-refractivity contribution >= 4 is 11.9 Å². The van der Waals surface area contributed by atoms with Crippen molar-refractivity contribution in [2.24, 2.45) is 0 Å². The highest BCUT2D eigenvalue weighted by molar-refractivity contribution is 5.76. The fraction of sp³-hybridized carbons (Fsp3) is 0.650. The monoisotopic (exact) mass is 374 g/mol. The minimum atomic E-state index is -0.205. The smallest absolute Gasteiger partial charge is 0.255 e. The van der Waals surface area contributed by atoms with Crippen LogP contribution in [-0.4, -0.2) is 42.2 Å². The van der Waals surface area contributed by atoms with Crippen LogP contribution in [0.2, 0.25) is 0 Å². The van der Waals surface area contributed by atoms with E-state index < -0.39 is 0 Å². The van der Waals surface area contributed by atoms with Crippen molar-refractivity contribution in [3.8, 4) is 0 Å². The van der Waals surface area contributed by atoms with Gasteiger partial charge in [-0.2, -0.15) is 0 Å². The number of carbonyl (C=O) groups excluding carboxylic acids is 1. The van der Waals surface area contributed by atoms with Gasteiger partial charge in [-0.15, -0.1) is 0 Å². The first-order valence-corrected chi connectivity index (χ1v) is 9.96. The zero-order valence-electron chi connectivity index (χ0n) is 16.2. The van der Waals surface area contributed by atoms with E-state index in [2.05, 4.69) is 21.3 Å². The summed E-state index contributed by atoms with van der Waals surface area (Å²) in [4.78, 5) is 31.7. The van der Waals surface area contributed by atoms with Gasteiger partial charge in [0.1, 0.15) is 6.54 Å². The number of carbonyl (C=O) groups is 1. The molecular weight excluding hydrogens is 344 g/mol. The first kappa shape index (κ1) is 19.6. The van der Waals surface area contributed by atoms with Gasteiger partial charge in [0.2, 0.25) is 11.9 Å². The van der Waals surface area contributed by atoms with Crippen molar-refractivity contribution < 1.29 is 9.53 Å². The minimum absolute atomic E-state index is 0.00394. The van der Waals surface area contributed by atoms with Crippen LogP contribution >= 0.6 is 0 Å². The third kappa shape index (κ3) is 5.42. The van der Waals surface area contributed by atoms with Crippen LogP contribution in [0.5, 0.6) is 0 Å². The van der Waals surface area contributed by atoms with Crippen molar-refractivity contribution in [1.29, 1.82) is 0 Å². The molecule has 2 heterocycles. The summed E-state index contributed by atoms with van der Waals surface area (Å²) in [5.41, 5.74) is 1.83. The molecule has 1 aliphatic heterocycles. The van der Waals surface area contributed by atoms with E-state index in [1.807, 2.05) is 0 Å². The number of allylic oxidation sites excluding steroid dienone is 1. The van der Waals surface area contributed by atoms with E-state index in [1.54, 1.807) is 7.11 Å². The third-order valence-corrected chi connectivity index (χ3v) is 5.18. The van der Waals surface area contributed by atoms with Gasteiger partial charge < -0.3 is 15.0 Å². The molecule has 0 atom stereocenters. The number of anilines is 1. The summed E-state index contributed by atoms with van der Waals surface area (Å²) < 4.78 is 6.60. The normalized spacial score (nSPS) is 17.1. The van der Waals surface area contributed by atoms with Gasteiger partial charge in [0.15, 0.2) is 0 Å². The van der Waals surface area contributed by atoms with Gasteiger partial charge in [-0.3, -0.25) is 14.2 Å². The maximum absolute atomic E-state index is 12.6. The Morgan fingerprint density at radius 2 is 2.07 bits per heavy atom. The van der Waals surface area contributed by atoms with Gasteiger partial charge in [-0.05, 0) is 44.9 Å². The second-order valence-electron chi connectivity index (χ2n) is 7.31. The third-order valence-electron chi connectivity index (χ3n) is 5.18. The van der Waals surface area contributed by atoms with Crippen LogP contribution in [0.15, 0.2) is 22.5 Å². The van der Waals surface area contributed by atoms with E-state index in [0.717, 1.165) is 45.2 Å². The highest BCUT2D eigenvalue weighted by Crippen LogP contribution is 2.19. The molecule has 7 heteroatoms. The molecule has 1 aromatic rings. The number of hydrogen-bond donors (Lipinski definition) is 1. The second kappa shape index (κ2) is 9.69. The average Bonchev–Trinajstić information content (AvgIpc) is 3.19. The zero-order chi connectivity index (χ0) is 19.1. The molecule has 0 bridgehead atoms. The Balaban J connectivity index is 1.66. The molecule has 0 aromatic carbocycles. The van der Waals surface area contributed by atoms with E-state index in [9.17, 15) is 9.59 Å². The average molecular weight is 374 g/mol. The summed E-state index contributed by atoms with van der Waals surface area (Å²) in [6, 6.07) is 1.46. The van der Waals surface area contributed by atoms with E-state index in [-0.39, 0.29) is 24.6 Å². The number of methoxy groups -OCH3 is 1. The lowest BCUT2D eigenvalue weighted by Gasteiger charge is -2.21. The van der Waals surface area contributed by atoms with Crippen molar-refractivity contribution in [2.75, 3.05) is 31.6 Å². The fourth-order valence-electron chi connectivity index (χ4n) is 3.76. The summed E-state index contributed by atoms with van der Waals surface area (Å²) in [5.74, 6) is 0.437. The van der Waals surface area contributed by atoms with Crippen LogP contribution in [0.4, 0.5) is 5.95 Å². The number of nitrogens with one attached hydrogen (secondary N) is 1. The molecule has 7 nitrogen and oxygen atoms in total. The number of nitrogens with zero attached hydrogens (tertiary/aromatic N) is 3. The van der Waals surface area contributed by atoms with Gasteiger partial charge in [0.05, 0.1) is 12.3 Å². The lowest BCUT2D eigenvalue weighted by Crippen LogP contribution is -2.37. The van der Waals surface area contributed by atoms with Gasteiger partial charge >= 0.3 is 0 Å². The quantitative estimate of drug-likeness (QED) is 0.704. The van der Waals surface area contributed by atoms with Crippen molar-refractivity contribution in [2.45, 2.75) is 58.1 Å². The molecule has 27 heavy (non-hydrogen) atoms. The van der Waals surface area contributed by atoms with Crippen LogP contribution in [-0.2, 0) is 22.7 Å². The molecule has 0 spiro atoms. The van der Waals surface area contributed by atoms with Crippen LogP contribution < -0.4 is 15.8 Å². The molecule has 0 radical (unpaired) electrons. The Morgan fingerprint density at radius 3 is 2.78 bits per heavy atom. The predicted molar refractivity (Wildman–Crippen MR) is 105 cm³/mol. The summed E-state index contributed by atoms with van der Waals surface area (Å²) in [6.45, 7) is 2.63. The van der Waals surface area contributed by atoms with Crippen LogP contribution in [0, 0.1) is 0 Å². The molecule has 148 valence electrons. The van der Waals surface area contributed by atoms with Crippen LogP contribution in [0.25, 0.3) is 0 Å². The highest BCUT2D eigenvalue weighted by atomic mass is 16.5. The van der Waals surface area contributed by atoms with Crippen LogP contribution in [0.1, 0.15) is 50.6 Å². The second-order valence-corrected chi connectivity index (χ2v) is 7.31. The van der Waals surface area contributed by atoms with E-state index in [0.29, 0.717) is 18.2 Å². The van der Waals surface area contributed by atoms with Gasteiger partial charge in [0, 0.05) is 32.8 Å². The molecule has 0 unspecified atom stereocenters. The SMILES string of the molecule is COCc1cc(=O)n(CC(=O)NCCC2=CCCCC2)c(N2CCCC2)n1. The highest BCUT2D eigenvalue weighted by Gasteiger charge is 2.20. The Bertz CT molecular complexity index is 735. The molecule has 1 saturated heterocycles. The summed E-state index contributed by atoms with van der Waals surface area (Å²) in [5, 5.41) is 2.95. The molecule has 1 amide bonds. The van der Waals surface area contributed by atoms with Crippen molar-refractivity contribution in [3.05, 3.63) is 33.8 Å². The molecule has 1 fully saturated rings. The molecule has 3 rings (SSSR count). The molecule has 1 N–H and O–H groups in total. The number of amides is 1. The minimum Gasteiger partial charge on any atom is -0.378 e. The summed E-state index contributed by atoms with van der Waals surface area (Å²) in [6.07, 6.45) is 10.1. The number of aromatic nitrogens is 2. The molecule has 0 saturated carbocycles.